The van der Waals surface area contributed by atoms with E-state index in [1.807, 2.05) is 6.92 Å². The van der Waals surface area contributed by atoms with Gasteiger partial charge in [0.15, 0.2) is 0 Å². The summed E-state index contributed by atoms with van der Waals surface area (Å²) in [6, 6.07) is 0. The normalized spacial score (nSPS) is 23.5. The van der Waals surface area contributed by atoms with Gasteiger partial charge in [0.25, 0.3) is 0 Å². The first-order chi connectivity index (χ1) is 4.99. The van der Waals surface area contributed by atoms with Gasteiger partial charge in [-0.1, -0.05) is 25.5 Å². The summed E-state index contributed by atoms with van der Waals surface area (Å²) in [4.78, 5) is 11.0. The quantitative estimate of drug-likeness (QED) is 0.525. The van der Waals surface area contributed by atoms with E-state index >= 15 is 0 Å². The Morgan fingerprint density at radius 1 is 1.55 bits per heavy atom. The van der Waals surface area contributed by atoms with E-state index in [1.54, 1.807) is 0 Å². The Bertz CT molecular complexity index is 204. The molecule has 1 aliphatic heterocycles. The van der Waals surface area contributed by atoms with Gasteiger partial charge in [0.2, 0.25) is 5.91 Å². The molecular formula is C9H15NO. The number of carbonyl (C=O) groups excluding carboxylic acids is 1. The highest BCUT2D eigenvalue weighted by Crippen LogP contribution is 2.21. The lowest BCUT2D eigenvalue weighted by molar-refractivity contribution is -0.120. The maximum absolute atomic E-state index is 11.0. The second-order valence-corrected chi connectivity index (χ2v) is 3.93. The lowest BCUT2D eigenvalue weighted by Crippen LogP contribution is -2.30. The molecule has 1 N–H and O–H groups in total. The summed E-state index contributed by atoms with van der Waals surface area (Å²) < 4.78 is 0. The molecule has 0 aliphatic carbocycles. The van der Waals surface area contributed by atoms with Crippen LogP contribution >= 0.6 is 0 Å². The molecule has 0 aromatic rings. The third kappa shape index (κ3) is 2.37. The predicted molar refractivity (Wildman–Crippen MR) is 45.2 cm³/mol. The Balaban J connectivity index is 2.79. The average molecular weight is 153 g/mol. The Morgan fingerprint density at radius 3 is 2.82 bits per heavy atom. The number of rotatable bonds is 0. The molecule has 1 rings (SSSR count). The molecule has 0 atom stereocenters. The topological polar surface area (TPSA) is 29.1 Å². The lowest BCUT2D eigenvalue weighted by atomic mass is 9.92. The van der Waals surface area contributed by atoms with E-state index in [2.05, 4.69) is 25.2 Å². The molecular weight excluding hydrogens is 138 g/mol. The maximum Gasteiger partial charge on any atom is 0.224 e. The van der Waals surface area contributed by atoms with Crippen LogP contribution in [0.5, 0.6) is 0 Å². The highest BCUT2D eigenvalue weighted by atomic mass is 16.1. The second-order valence-electron chi connectivity index (χ2n) is 3.93. The van der Waals surface area contributed by atoms with Crippen LogP contribution in [0.25, 0.3) is 0 Å². The third-order valence-corrected chi connectivity index (χ3v) is 1.82. The lowest BCUT2D eigenvalue weighted by Gasteiger charge is -2.18. The van der Waals surface area contributed by atoms with Gasteiger partial charge in [-0.15, -0.1) is 0 Å². The van der Waals surface area contributed by atoms with Gasteiger partial charge in [0, 0.05) is 18.4 Å². The Labute approximate surface area is 67.7 Å². The van der Waals surface area contributed by atoms with Crippen molar-refractivity contribution in [1.82, 2.24) is 5.32 Å². The summed E-state index contributed by atoms with van der Waals surface area (Å²) in [6.45, 7) is 7.01. The van der Waals surface area contributed by atoms with Gasteiger partial charge in [-0.25, -0.2) is 0 Å². The molecule has 0 spiro atoms. The molecule has 2 heteroatoms. The minimum Gasteiger partial charge on any atom is -0.355 e. The first-order valence-corrected chi connectivity index (χ1v) is 3.95. The van der Waals surface area contributed by atoms with Gasteiger partial charge >= 0.3 is 0 Å². The highest BCUT2D eigenvalue weighted by Gasteiger charge is 2.19. The molecule has 62 valence electrons. The Kier molecular flexibility index (Phi) is 2.03. The van der Waals surface area contributed by atoms with Crippen LogP contribution in [-0.4, -0.2) is 12.5 Å². The minimum absolute atomic E-state index is 0.121. The summed E-state index contributed by atoms with van der Waals surface area (Å²) in [5.41, 5.74) is 1.29. The summed E-state index contributed by atoms with van der Waals surface area (Å²) in [5.74, 6) is 0.143. The van der Waals surface area contributed by atoms with Crippen molar-refractivity contribution >= 4 is 5.91 Å². The van der Waals surface area contributed by atoms with Crippen molar-refractivity contribution < 1.29 is 4.79 Å². The van der Waals surface area contributed by atoms with Crippen molar-refractivity contribution in [2.45, 2.75) is 27.2 Å². The van der Waals surface area contributed by atoms with Crippen molar-refractivity contribution in [3.8, 4) is 0 Å². The molecule has 0 saturated carbocycles. The third-order valence-electron chi connectivity index (χ3n) is 1.82. The van der Waals surface area contributed by atoms with Gasteiger partial charge in [-0.3, -0.25) is 4.79 Å². The van der Waals surface area contributed by atoms with E-state index in [0.717, 1.165) is 6.54 Å². The maximum atomic E-state index is 11.0. The second kappa shape index (κ2) is 2.68. The van der Waals surface area contributed by atoms with Crippen molar-refractivity contribution in [2.24, 2.45) is 5.41 Å². The molecule has 1 amide bonds. The molecule has 0 aromatic carbocycles. The van der Waals surface area contributed by atoms with E-state index in [4.69, 9.17) is 0 Å². The molecule has 0 fully saturated rings. The van der Waals surface area contributed by atoms with Crippen molar-refractivity contribution in [1.29, 1.82) is 0 Å². The van der Waals surface area contributed by atoms with Crippen LogP contribution in [0.4, 0.5) is 0 Å². The number of hydrogen-bond acceptors (Lipinski definition) is 1. The fraction of sp³-hybridized carbons (Fsp3) is 0.667. The Morgan fingerprint density at radius 2 is 2.18 bits per heavy atom. The fourth-order valence-electron chi connectivity index (χ4n) is 1.41. The van der Waals surface area contributed by atoms with Crippen LogP contribution in [0.1, 0.15) is 27.2 Å². The number of nitrogens with one attached hydrogen (secondary N) is 1. The zero-order valence-corrected chi connectivity index (χ0v) is 7.40. The molecule has 0 bridgehead atoms. The predicted octanol–water partition coefficient (Wildman–Crippen LogP) is 1.48. The molecule has 2 nitrogen and oxygen atoms in total. The van der Waals surface area contributed by atoms with E-state index < -0.39 is 0 Å². The fourth-order valence-corrected chi connectivity index (χ4v) is 1.41. The molecule has 0 saturated heterocycles. The molecule has 1 aliphatic rings. The SMILES string of the molecule is CC1=CC(C)(C)CNC(=O)C1. The molecule has 1 heterocycles. The number of hydrogen-bond donors (Lipinski definition) is 1. The van der Waals surface area contributed by atoms with Crippen molar-refractivity contribution in [2.75, 3.05) is 6.54 Å². The van der Waals surface area contributed by atoms with Crippen LogP contribution in [0.2, 0.25) is 0 Å². The zero-order chi connectivity index (χ0) is 8.48. The van der Waals surface area contributed by atoms with Gasteiger partial charge in [0.1, 0.15) is 0 Å². The van der Waals surface area contributed by atoms with Crippen molar-refractivity contribution in [3.05, 3.63) is 11.6 Å². The van der Waals surface area contributed by atoms with Gasteiger partial charge in [-0.05, 0) is 6.92 Å². The van der Waals surface area contributed by atoms with E-state index in [9.17, 15) is 4.79 Å². The molecule has 11 heavy (non-hydrogen) atoms. The first kappa shape index (κ1) is 8.31. The largest absolute Gasteiger partial charge is 0.355 e. The standard InChI is InChI=1S/C9H15NO/c1-7-4-8(11)10-6-9(2,3)5-7/h5H,4,6H2,1-3H3,(H,10,11). The monoisotopic (exact) mass is 153 g/mol. The van der Waals surface area contributed by atoms with Crippen LogP contribution < -0.4 is 5.32 Å². The first-order valence-electron chi connectivity index (χ1n) is 3.95. The number of carbonyl (C=O) groups is 1. The van der Waals surface area contributed by atoms with E-state index in [0.29, 0.717) is 6.42 Å². The van der Waals surface area contributed by atoms with Crippen LogP contribution in [0.3, 0.4) is 0 Å². The van der Waals surface area contributed by atoms with Gasteiger partial charge < -0.3 is 5.32 Å². The molecule has 0 aromatic heterocycles. The zero-order valence-electron chi connectivity index (χ0n) is 7.40. The summed E-state index contributed by atoms with van der Waals surface area (Å²) in [6.07, 6.45) is 2.73. The van der Waals surface area contributed by atoms with Crippen LogP contribution in [0.15, 0.2) is 11.6 Å². The minimum atomic E-state index is 0.121. The average Bonchev–Trinajstić information content (AvgIpc) is 1.90. The number of amides is 1. The van der Waals surface area contributed by atoms with E-state index in [1.165, 1.54) is 5.57 Å². The summed E-state index contributed by atoms with van der Waals surface area (Å²) >= 11 is 0. The van der Waals surface area contributed by atoms with Gasteiger partial charge in [-0.2, -0.15) is 0 Å². The highest BCUT2D eigenvalue weighted by molar-refractivity contribution is 5.78. The summed E-state index contributed by atoms with van der Waals surface area (Å²) in [5, 5.41) is 2.87. The van der Waals surface area contributed by atoms with Gasteiger partial charge in [0.05, 0.1) is 0 Å². The molecule has 0 radical (unpaired) electrons. The van der Waals surface area contributed by atoms with E-state index in [-0.39, 0.29) is 11.3 Å². The van der Waals surface area contributed by atoms with Crippen LogP contribution in [-0.2, 0) is 4.79 Å². The molecule has 0 unspecified atom stereocenters. The summed E-state index contributed by atoms with van der Waals surface area (Å²) in [7, 11) is 0. The van der Waals surface area contributed by atoms with Crippen molar-refractivity contribution in [3.63, 3.8) is 0 Å². The Hall–Kier alpha value is -0.790. The van der Waals surface area contributed by atoms with Crippen LogP contribution in [0, 0.1) is 5.41 Å². The smallest absolute Gasteiger partial charge is 0.224 e.